The van der Waals surface area contributed by atoms with Crippen molar-refractivity contribution < 1.29 is 36.6 Å². The van der Waals surface area contributed by atoms with Crippen molar-refractivity contribution >= 4 is 16.1 Å². The van der Waals surface area contributed by atoms with Gasteiger partial charge in [-0.2, -0.15) is 0 Å². The smallest absolute Gasteiger partial charge is 0.421 e. The minimum absolute atomic E-state index is 0.167. The zero-order valence-corrected chi connectivity index (χ0v) is 16.5. The second-order valence-corrected chi connectivity index (χ2v) is 9.92. The van der Waals surface area contributed by atoms with Crippen LogP contribution in [-0.4, -0.2) is 36.6 Å². The van der Waals surface area contributed by atoms with Crippen LogP contribution in [0.4, 0.5) is 13.6 Å². The largest absolute Gasteiger partial charge is 0.487 e. The number of rotatable bonds is 3. The van der Waals surface area contributed by atoms with Gasteiger partial charge in [-0.25, -0.2) is 26.7 Å². The molecule has 0 saturated heterocycles. The molecule has 1 aliphatic heterocycles. The summed E-state index contributed by atoms with van der Waals surface area (Å²) in [5.41, 5.74) is -4.31. The van der Waals surface area contributed by atoms with Crippen LogP contribution in [-0.2, 0) is 20.4 Å². The van der Waals surface area contributed by atoms with Gasteiger partial charge in [0.2, 0.25) is 10.0 Å². The van der Waals surface area contributed by atoms with Gasteiger partial charge in [0.15, 0.2) is 11.6 Å². The minimum Gasteiger partial charge on any atom is -0.487 e. The number of hydrogen-bond acceptors (Lipinski definition) is 6. The minimum atomic E-state index is -4.37. The highest BCUT2D eigenvalue weighted by atomic mass is 32.2. The van der Waals surface area contributed by atoms with Crippen LogP contribution in [0.15, 0.2) is 12.1 Å². The van der Waals surface area contributed by atoms with Crippen molar-refractivity contribution in [3.8, 4) is 5.75 Å². The van der Waals surface area contributed by atoms with Crippen molar-refractivity contribution in [2.24, 2.45) is 0 Å². The summed E-state index contributed by atoms with van der Waals surface area (Å²) in [6.07, 6.45) is -1.43. The summed E-state index contributed by atoms with van der Waals surface area (Å²) in [6.45, 7) is 7.80. The van der Waals surface area contributed by atoms with E-state index in [1.165, 1.54) is 0 Å². The summed E-state index contributed by atoms with van der Waals surface area (Å²) in [7, 11) is -4.37. The Labute approximate surface area is 156 Å². The zero-order chi connectivity index (χ0) is 20.8. The van der Waals surface area contributed by atoms with Crippen molar-refractivity contribution in [2.45, 2.75) is 57.8 Å². The average molecular weight is 407 g/mol. The van der Waals surface area contributed by atoms with E-state index in [0.29, 0.717) is 6.07 Å². The fourth-order valence-corrected chi connectivity index (χ4v) is 4.27. The molecule has 1 atom stereocenters. The SMILES string of the molecule is CC(C)(C)OC(=O)NS(=O)(=O)CC1(O)CC(C)(C)Oc2cc(F)c(F)cc21. The van der Waals surface area contributed by atoms with Crippen molar-refractivity contribution in [3.63, 3.8) is 0 Å². The van der Waals surface area contributed by atoms with Crippen LogP contribution in [0.5, 0.6) is 5.75 Å². The van der Waals surface area contributed by atoms with E-state index >= 15 is 0 Å². The highest BCUT2D eigenvalue weighted by Gasteiger charge is 2.47. The molecular weight excluding hydrogens is 384 g/mol. The van der Waals surface area contributed by atoms with Crippen LogP contribution in [0.2, 0.25) is 0 Å². The number of hydrogen-bond donors (Lipinski definition) is 2. The molecule has 1 aromatic rings. The first kappa shape index (κ1) is 21.4. The van der Waals surface area contributed by atoms with E-state index in [0.717, 1.165) is 6.07 Å². The Morgan fingerprint density at radius 1 is 1.30 bits per heavy atom. The summed E-state index contributed by atoms with van der Waals surface area (Å²) in [6, 6.07) is 1.45. The number of halogens is 2. The van der Waals surface area contributed by atoms with E-state index in [9.17, 15) is 27.1 Å². The first-order chi connectivity index (χ1) is 12.0. The van der Waals surface area contributed by atoms with Crippen molar-refractivity contribution in [2.75, 3.05) is 5.75 Å². The quantitative estimate of drug-likeness (QED) is 0.799. The van der Waals surface area contributed by atoms with Crippen LogP contribution < -0.4 is 9.46 Å². The van der Waals surface area contributed by atoms with E-state index in [4.69, 9.17) is 9.47 Å². The first-order valence-electron chi connectivity index (χ1n) is 8.16. The zero-order valence-electron chi connectivity index (χ0n) is 15.7. The fraction of sp³-hybridized carbons (Fsp3) is 0.588. The van der Waals surface area contributed by atoms with Gasteiger partial charge < -0.3 is 14.6 Å². The number of aliphatic hydroxyl groups is 1. The van der Waals surface area contributed by atoms with E-state index in [2.05, 4.69) is 0 Å². The standard InChI is InChI=1S/C17H23F2NO6S/c1-15(2,3)26-14(21)20-27(23,24)9-17(22)8-16(4,5)25-13-7-12(19)11(18)6-10(13)17/h6-7,22H,8-9H2,1-5H3,(H,20,21). The number of ether oxygens (including phenoxy) is 2. The molecule has 1 unspecified atom stereocenters. The maximum absolute atomic E-state index is 13.7. The molecule has 1 heterocycles. The van der Waals surface area contributed by atoms with Gasteiger partial charge in [-0.05, 0) is 40.7 Å². The number of sulfonamides is 1. The molecule has 0 bridgehead atoms. The molecule has 0 fully saturated rings. The first-order valence-corrected chi connectivity index (χ1v) is 9.82. The molecule has 0 saturated carbocycles. The van der Waals surface area contributed by atoms with Gasteiger partial charge in [-0.3, -0.25) is 0 Å². The summed E-state index contributed by atoms with van der Waals surface area (Å²) < 4.78 is 64.2. The van der Waals surface area contributed by atoms with Crippen LogP contribution >= 0.6 is 0 Å². The van der Waals surface area contributed by atoms with Gasteiger partial charge >= 0.3 is 6.09 Å². The summed E-state index contributed by atoms with van der Waals surface area (Å²) in [4.78, 5) is 11.8. The van der Waals surface area contributed by atoms with E-state index in [1.807, 2.05) is 0 Å². The van der Waals surface area contributed by atoms with Crippen molar-refractivity contribution in [3.05, 3.63) is 29.3 Å². The Hall–Kier alpha value is -1.94. The molecule has 7 nitrogen and oxygen atoms in total. The predicted molar refractivity (Wildman–Crippen MR) is 92.7 cm³/mol. The molecule has 0 spiro atoms. The molecule has 2 N–H and O–H groups in total. The highest BCUT2D eigenvalue weighted by molar-refractivity contribution is 7.90. The maximum Gasteiger partial charge on any atom is 0.421 e. The Balaban J connectivity index is 2.37. The lowest BCUT2D eigenvalue weighted by molar-refractivity contribution is -0.0500. The molecular formula is C17H23F2NO6S. The molecule has 10 heteroatoms. The van der Waals surface area contributed by atoms with E-state index in [1.54, 1.807) is 39.3 Å². The second-order valence-electron chi connectivity index (χ2n) is 8.20. The molecule has 0 aromatic heterocycles. The summed E-state index contributed by atoms with van der Waals surface area (Å²) >= 11 is 0. The third kappa shape index (κ3) is 5.29. The van der Waals surface area contributed by atoms with Crippen LogP contribution in [0.3, 0.4) is 0 Å². The van der Waals surface area contributed by atoms with Gasteiger partial charge in [-0.15, -0.1) is 0 Å². The second kappa shape index (κ2) is 6.59. The average Bonchev–Trinajstić information content (AvgIpc) is 2.35. The molecule has 2 rings (SSSR count). The summed E-state index contributed by atoms with van der Waals surface area (Å²) in [5, 5.41) is 11.0. The van der Waals surface area contributed by atoms with E-state index in [-0.39, 0.29) is 17.7 Å². The number of carbonyl (C=O) groups excluding carboxylic acids is 1. The maximum atomic E-state index is 13.7. The molecule has 0 radical (unpaired) electrons. The van der Waals surface area contributed by atoms with Gasteiger partial charge in [0.1, 0.15) is 28.3 Å². The predicted octanol–water partition coefficient (Wildman–Crippen LogP) is 2.57. The number of amides is 1. The number of carbonyl (C=O) groups is 1. The van der Waals surface area contributed by atoms with Crippen LogP contribution in [0, 0.1) is 11.6 Å². The number of fused-ring (bicyclic) bond motifs is 1. The monoisotopic (exact) mass is 407 g/mol. The lowest BCUT2D eigenvalue weighted by Gasteiger charge is -2.42. The van der Waals surface area contributed by atoms with Gasteiger partial charge in [0, 0.05) is 18.1 Å². The van der Waals surface area contributed by atoms with Gasteiger partial charge in [0.25, 0.3) is 0 Å². The third-order valence-electron chi connectivity index (χ3n) is 3.69. The van der Waals surface area contributed by atoms with Crippen LogP contribution in [0.1, 0.15) is 46.6 Å². The summed E-state index contributed by atoms with van der Waals surface area (Å²) in [5.74, 6) is -3.58. The molecule has 152 valence electrons. The highest BCUT2D eigenvalue weighted by Crippen LogP contribution is 2.44. The van der Waals surface area contributed by atoms with Gasteiger partial charge in [0.05, 0.1) is 0 Å². The molecule has 1 aromatic carbocycles. The van der Waals surface area contributed by atoms with Crippen LogP contribution in [0.25, 0.3) is 0 Å². The van der Waals surface area contributed by atoms with Gasteiger partial charge in [-0.1, -0.05) is 0 Å². The van der Waals surface area contributed by atoms with Crippen molar-refractivity contribution in [1.82, 2.24) is 4.72 Å². The Morgan fingerprint density at radius 2 is 1.85 bits per heavy atom. The number of nitrogens with one attached hydrogen (secondary N) is 1. The van der Waals surface area contributed by atoms with Crippen molar-refractivity contribution in [1.29, 1.82) is 0 Å². The normalized spacial score (nSPS) is 21.8. The lowest BCUT2D eigenvalue weighted by Crippen LogP contribution is -2.50. The Bertz CT molecular complexity index is 863. The van der Waals surface area contributed by atoms with E-state index < -0.39 is 50.3 Å². The molecule has 1 amide bonds. The third-order valence-corrected chi connectivity index (χ3v) is 5.03. The Kier molecular flexibility index (Phi) is 5.21. The molecule has 0 aliphatic carbocycles. The molecule has 27 heavy (non-hydrogen) atoms. The molecule has 1 aliphatic rings. The number of benzene rings is 1. The Morgan fingerprint density at radius 3 is 2.41 bits per heavy atom. The fourth-order valence-electron chi connectivity index (χ4n) is 3.02. The lowest BCUT2D eigenvalue weighted by atomic mass is 9.81. The topological polar surface area (TPSA) is 102 Å².